The molecule has 164 valence electrons. The summed E-state index contributed by atoms with van der Waals surface area (Å²) < 4.78 is 44.2. The monoisotopic (exact) mass is 422 g/mol. The van der Waals surface area contributed by atoms with Crippen LogP contribution in [-0.2, 0) is 17.3 Å². The van der Waals surface area contributed by atoms with Crippen LogP contribution in [-0.4, -0.2) is 18.8 Å². The van der Waals surface area contributed by atoms with Crippen molar-refractivity contribution in [3.05, 3.63) is 70.6 Å². The van der Waals surface area contributed by atoms with Gasteiger partial charge in [-0.25, -0.2) is 4.79 Å². The first-order chi connectivity index (χ1) is 13.9. The number of carbonyl (C=O) groups is 1. The van der Waals surface area contributed by atoms with Crippen molar-refractivity contribution in [2.45, 2.75) is 46.7 Å². The Hall–Kier alpha value is -2.83. The number of aliphatic imine (C=N–C) groups is 1. The van der Waals surface area contributed by atoms with E-state index in [9.17, 15) is 18.0 Å². The van der Waals surface area contributed by atoms with E-state index in [2.05, 4.69) is 16.3 Å². The molecular formula is C23H29F3N2O2. The van der Waals surface area contributed by atoms with Gasteiger partial charge in [-0.3, -0.25) is 4.99 Å². The number of alkyl halides is 3. The maximum atomic E-state index is 13.2. The molecule has 0 radical (unpaired) electrons. The van der Waals surface area contributed by atoms with Crippen molar-refractivity contribution in [1.29, 1.82) is 0 Å². The molecule has 0 aliphatic rings. The number of ether oxygens (including phenoxy) is 1. The van der Waals surface area contributed by atoms with Crippen LogP contribution in [0.5, 0.6) is 0 Å². The zero-order valence-corrected chi connectivity index (χ0v) is 18.1. The topological polar surface area (TPSA) is 64.7 Å². The summed E-state index contributed by atoms with van der Waals surface area (Å²) >= 11 is 0. The summed E-state index contributed by atoms with van der Waals surface area (Å²) in [7, 11) is 1.05. The quantitative estimate of drug-likeness (QED) is 0.325. The minimum absolute atomic E-state index is 0.203. The number of nitrogens with two attached hydrogens (primary N) is 1. The molecule has 0 heterocycles. The molecule has 1 unspecified atom stereocenters. The lowest BCUT2D eigenvalue weighted by atomic mass is 9.92. The molecule has 0 aliphatic heterocycles. The second kappa shape index (κ2) is 10.8. The molecular weight excluding hydrogens is 393 g/mol. The van der Waals surface area contributed by atoms with E-state index < -0.39 is 23.3 Å². The summed E-state index contributed by atoms with van der Waals surface area (Å²) in [6, 6.07) is 3.48. The van der Waals surface area contributed by atoms with Crippen LogP contribution in [0.2, 0.25) is 0 Å². The Morgan fingerprint density at radius 1 is 1.30 bits per heavy atom. The number of allylic oxidation sites excluding steroid dienone is 4. The molecule has 0 bridgehead atoms. The number of methoxy groups -OCH3 is 1. The molecule has 0 fully saturated rings. The van der Waals surface area contributed by atoms with Crippen LogP contribution in [0.15, 0.2) is 58.9 Å². The smallest absolute Gasteiger partial charge is 0.417 e. The number of esters is 1. The average Bonchev–Trinajstić information content (AvgIpc) is 2.68. The molecule has 0 aliphatic carbocycles. The number of halogens is 3. The maximum Gasteiger partial charge on any atom is 0.417 e. The highest BCUT2D eigenvalue weighted by Crippen LogP contribution is 2.33. The van der Waals surface area contributed by atoms with E-state index in [0.29, 0.717) is 17.7 Å². The van der Waals surface area contributed by atoms with E-state index in [4.69, 9.17) is 5.73 Å². The normalized spacial score (nSPS) is 14.8. The van der Waals surface area contributed by atoms with Gasteiger partial charge in [0, 0.05) is 17.6 Å². The van der Waals surface area contributed by atoms with Gasteiger partial charge in [0.05, 0.1) is 18.2 Å². The number of hydrogen-bond donors (Lipinski definition) is 1. The number of rotatable bonds is 8. The Kier molecular flexibility index (Phi) is 9.08. The first kappa shape index (κ1) is 25.2. The van der Waals surface area contributed by atoms with Crippen molar-refractivity contribution in [2.24, 2.45) is 16.6 Å². The van der Waals surface area contributed by atoms with Gasteiger partial charge in [0.2, 0.25) is 0 Å². The van der Waals surface area contributed by atoms with Crippen LogP contribution in [0.25, 0.3) is 0 Å². The molecule has 0 aromatic heterocycles. The second-order valence-corrected chi connectivity index (χ2v) is 7.18. The molecule has 7 heteroatoms. The van der Waals surface area contributed by atoms with Gasteiger partial charge in [0.1, 0.15) is 0 Å². The van der Waals surface area contributed by atoms with Crippen molar-refractivity contribution < 1.29 is 22.7 Å². The molecule has 0 amide bonds. The predicted octanol–water partition coefficient (Wildman–Crippen LogP) is 5.84. The molecule has 1 rings (SSSR count). The largest absolute Gasteiger partial charge is 0.465 e. The minimum Gasteiger partial charge on any atom is -0.465 e. The standard InChI is InChI=1S/C23H29F3N2O2/c1-7-28-17(5)14(2)8-9-15(3)19(16(4)27)12-18-10-11-21(23(24,25)26)20(13-18)22(29)30-6/h7,9-11,13-14H,1,8,12,27H2,2-6H3/b15-9+,19-16+,28-17?. The zero-order valence-electron chi connectivity index (χ0n) is 18.1. The van der Waals surface area contributed by atoms with E-state index in [0.717, 1.165) is 36.5 Å². The summed E-state index contributed by atoms with van der Waals surface area (Å²) in [5.74, 6) is -0.827. The number of nitrogens with zero attached hydrogens (tertiary/aromatic N) is 1. The van der Waals surface area contributed by atoms with Crippen molar-refractivity contribution in [1.82, 2.24) is 0 Å². The lowest BCUT2D eigenvalue weighted by Crippen LogP contribution is -2.15. The molecule has 0 saturated heterocycles. The fourth-order valence-electron chi connectivity index (χ4n) is 2.94. The zero-order chi connectivity index (χ0) is 23.1. The van der Waals surface area contributed by atoms with Gasteiger partial charge in [-0.2, -0.15) is 13.2 Å². The van der Waals surface area contributed by atoms with Gasteiger partial charge in [0.15, 0.2) is 0 Å². The summed E-state index contributed by atoms with van der Waals surface area (Å²) in [6.45, 7) is 11.2. The molecule has 1 aromatic rings. The van der Waals surface area contributed by atoms with Crippen LogP contribution >= 0.6 is 0 Å². The Bertz CT molecular complexity index is 877. The highest BCUT2D eigenvalue weighted by atomic mass is 19.4. The van der Waals surface area contributed by atoms with Crippen LogP contribution in [0.3, 0.4) is 0 Å². The number of carbonyl (C=O) groups excluding carboxylic acids is 1. The first-order valence-electron chi connectivity index (χ1n) is 9.48. The fraction of sp³-hybridized carbons (Fsp3) is 0.391. The van der Waals surface area contributed by atoms with Gasteiger partial charge in [-0.05, 0) is 68.4 Å². The molecule has 0 saturated carbocycles. The molecule has 2 N–H and O–H groups in total. The predicted molar refractivity (Wildman–Crippen MR) is 114 cm³/mol. The summed E-state index contributed by atoms with van der Waals surface area (Å²) in [5.41, 5.74) is 8.30. The van der Waals surface area contributed by atoms with Crippen LogP contribution in [0.1, 0.15) is 55.6 Å². The van der Waals surface area contributed by atoms with Crippen molar-refractivity contribution in [3.8, 4) is 0 Å². The third kappa shape index (κ3) is 6.90. The first-order valence-corrected chi connectivity index (χ1v) is 9.48. The Morgan fingerprint density at radius 2 is 1.93 bits per heavy atom. The van der Waals surface area contributed by atoms with E-state index in [1.165, 1.54) is 18.3 Å². The van der Waals surface area contributed by atoms with E-state index >= 15 is 0 Å². The Labute approximate surface area is 176 Å². The van der Waals surface area contributed by atoms with E-state index in [-0.39, 0.29) is 5.92 Å². The summed E-state index contributed by atoms with van der Waals surface area (Å²) in [5, 5.41) is 0. The minimum atomic E-state index is -4.65. The lowest BCUT2D eigenvalue weighted by molar-refractivity contribution is -0.138. The lowest BCUT2D eigenvalue weighted by Gasteiger charge is -2.16. The van der Waals surface area contributed by atoms with Gasteiger partial charge in [-0.15, -0.1) is 0 Å². The van der Waals surface area contributed by atoms with Gasteiger partial charge in [-0.1, -0.05) is 25.6 Å². The second-order valence-electron chi connectivity index (χ2n) is 7.18. The third-order valence-corrected chi connectivity index (χ3v) is 4.91. The van der Waals surface area contributed by atoms with Gasteiger partial charge >= 0.3 is 12.1 Å². The SMILES string of the molecule is C=CN=C(C)C(C)C/C=C(C)/C(Cc1ccc(C(F)(F)F)c(C(=O)OC)c1)=C(\C)N. The number of benzene rings is 1. The highest BCUT2D eigenvalue weighted by molar-refractivity contribution is 5.91. The van der Waals surface area contributed by atoms with E-state index in [1.54, 1.807) is 6.92 Å². The van der Waals surface area contributed by atoms with Crippen LogP contribution < -0.4 is 5.73 Å². The summed E-state index contributed by atoms with van der Waals surface area (Å²) in [4.78, 5) is 16.1. The molecule has 1 atom stereocenters. The maximum absolute atomic E-state index is 13.2. The third-order valence-electron chi connectivity index (χ3n) is 4.91. The van der Waals surface area contributed by atoms with Crippen LogP contribution in [0.4, 0.5) is 13.2 Å². The molecule has 30 heavy (non-hydrogen) atoms. The van der Waals surface area contributed by atoms with Crippen molar-refractivity contribution >= 4 is 11.7 Å². The van der Waals surface area contributed by atoms with Crippen LogP contribution in [0, 0.1) is 5.92 Å². The van der Waals surface area contributed by atoms with Gasteiger partial charge < -0.3 is 10.5 Å². The Balaban J connectivity index is 3.22. The fourth-order valence-corrected chi connectivity index (χ4v) is 2.94. The molecule has 4 nitrogen and oxygen atoms in total. The molecule has 0 spiro atoms. The highest BCUT2D eigenvalue weighted by Gasteiger charge is 2.35. The average molecular weight is 422 g/mol. The van der Waals surface area contributed by atoms with Crippen molar-refractivity contribution in [2.75, 3.05) is 7.11 Å². The van der Waals surface area contributed by atoms with Crippen molar-refractivity contribution in [3.63, 3.8) is 0 Å². The molecule has 1 aromatic carbocycles. The summed E-state index contributed by atoms with van der Waals surface area (Å²) in [6.07, 6.45) is -0.0977. The van der Waals surface area contributed by atoms with E-state index in [1.807, 2.05) is 26.8 Å². The number of hydrogen-bond acceptors (Lipinski definition) is 4. The Morgan fingerprint density at radius 3 is 2.43 bits per heavy atom. The van der Waals surface area contributed by atoms with Gasteiger partial charge in [0.25, 0.3) is 0 Å².